The summed E-state index contributed by atoms with van der Waals surface area (Å²) in [6.07, 6.45) is 3.05. The number of amides is 1. The van der Waals surface area contributed by atoms with Crippen LogP contribution in [-0.2, 0) is 9.59 Å². The Bertz CT molecular complexity index is 1210. The Morgan fingerprint density at radius 2 is 1.81 bits per heavy atom. The zero-order valence-corrected chi connectivity index (χ0v) is 18.0. The lowest BCUT2D eigenvalue weighted by atomic mass is 9.94. The number of nitrogens with zero attached hydrogens (tertiary/aromatic N) is 2. The number of aliphatic hydroxyl groups is 1. The topological polar surface area (TPSA) is 89.0 Å². The third-order valence-corrected chi connectivity index (χ3v) is 5.47. The Labute approximate surface area is 189 Å². The van der Waals surface area contributed by atoms with E-state index in [1.54, 1.807) is 60.8 Å². The van der Waals surface area contributed by atoms with E-state index in [1.165, 1.54) is 25.3 Å². The van der Waals surface area contributed by atoms with E-state index in [-0.39, 0.29) is 11.3 Å². The number of ketones is 1. The Kier molecular flexibility index (Phi) is 5.83. The molecule has 0 aliphatic carbocycles. The summed E-state index contributed by atoms with van der Waals surface area (Å²) in [6.45, 7) is 0. The van der Waals surface area contributed by atoms with Crippen LogP contribution < -0.4 is 14.4 Å². The van der Waals surface area contributed by atoms with Gasteiger partial charge in [0.1, 0.15) is 17.3 Å². The largest absolute Gasteiger partial charge is 0.507 e. The van der Waals surface area contributed by atoms with Crippen molar-refractivity contribution in [3.63, 3.8) is 0 Å². The fourth-order valence-corrected chi connectivity index (χ4v) is 3.82. The number of methoxy groups -OCH3 is 2. The minimum absolute atomic E-state index is 0.0651. The number of aliphatic hydroxyl groups excluding tert-OH is 1. The Morgan fingerprint density at radius 1 is 1.06 bits per heavy atom. The van der Waals surface area contributed by atoms with E-state index in [4.69, 9.17) is 21.1 Å². The highest BCUT2D eigenvalue weighted by Gasteiger charge is 2.48. The van der Waals surface area contributed by atoms with Crippen LogP contribution in [0.5, 0.6) is 11.5 Å². The molecular formula is C24H19ClN2O5. The van der Waals surface area contributed by atoms with Crippen LogP contribution in [0.2, 0.25) is 5.02 Å². The van der Waals surface area contributed by atoms with Crippen LogP contribution in [0, 0.1) is 0 Å². The number of Topliss-reactive ketones (excluding diaryl/α,β-unsaturated/α-hetero) is 1. The van der Waals surface area contributed by atoms with Crippen molar-refractivity contribution < 1.29 is 24.2 Å². The molecule has 0 saturated carbocycles. The van der Waals surface area contributed by atoms with Crippen LogP contribution in [-0.4, -0.2) is 36.0 Å². The predicted octanol–water partition coefficient (Wildman–Crippen LogP) is 4.38. The normalized spacial score (nSPS) is 17.5. The van der Waals surface area contributed by atoms with Crippen molar-refractivity contribution in [3.8, 4) is 11.5 Å². The number of ether oxygens (including phenoxy) is 2. The van der Waals surface area contributed by atoms with Gasteiger partial charge < -0.3 is 14.6 Å². The van der Waals surface area contributed by atoms with E-state index in [0.29, 0.717) is 33.3 Å². The number of carbonyl (C=O) groups is 2. The molecule has 0 radical (unpaired) electrons. The summed E-state index contributed by atoms with van der Waals surface area (Å²) in [7, 11) is 3.00. The van der Waals surface area contributed by atoms with E-state index in [1.807, 2.05) is 0 Å². The summed E-state index contributed by atoms with van der Waals surface area (Å²) >= 11 is 5.96. The van der Waals surface area contributed by atoms with Crippen LogP contribution in [0.1, 0.15) is 17.2 Å². The Morgan fingerprint density at radius 3 is 2.44 bits per heavy atom. The number of pyridine rings is 1. The molecule has 1 saturated heterocycles. The molecule has 2 heterocycles. The summed E-state index contributed by atoms with van der Waals surface area (Å²) in [5.74, 6) is -0.969. The molecule has 32 heavy (non-hydrogen) atoms. The van der Waals surface area contributed by atoms with Gasteiger partial charge in [0.25, 0.3) is 11.7 Å². The monoisotopic (exact) mass is 450 g/mol. The van der Waals surface area contributed by atoms with Crippen molar-refractivity contribution in [2.75, 3.05) is 19.1 Å². The SMILES string of the molecule is COc1ccc(C2/C(=C(\O)c3ccc(Cl)cc3)C(=O)C(=O)N2c2cccnc2)c(OC)c1. The highest BCUT2D eigenvalue weighted by molar-refractivity contribution is 6.51. The molecular weight excluding hydrogens is 432 g/mol. The number of benzene rings is 2. The van der Waals surface area contributed by atoms with Crippen LogP contribution in [0.15, 0.2) is 72.6 Å². The highest BCUT2D eigenvalue weighted by Crippen LogP contribution is 2.45. The standard InChI is InChI=1S/C24H19ClN2O5/c1-31-17-9-10-18(19(12-17)32-2)21-20(22(28)14-5-7-15(25)8-6-14)23(29)24(30)27(21)16-4-3-11-26-13-16/h3-13,21,28H,1-2H3/b22-20+. The highest BCUT2D eigenvalue weighted by atomic mass is 35.5. The number of hydrogen-bond acceptors (Lipinski definition) is 6. The fraction of sp³-hybridized carbons (Fsp3) is 0.125. The quantitative estimate of drug-likeness (QED) is 0.352. The van der Waals surface area contributed by atoms with E-state index >= 15 is 0 Å². The number of aromatic nitrogens is 1. The second-order valence-corrected chi connectivity index (χ2v) is 7.43. The number of anilines is 1. The second-order valence-electron chi connectivity index (χ2n) is 7.00. The van der Waals surface area contributed by atoms with E-state index in [9.17, 15) is 14.7 Å². The first kappa shape index (κ1) is 21.4. The van der Waals surface area contributed by atoms with E-state index in [0.717, 1.165) is 0 Å². The van der Waals surface area contributed by atoms with Gasteiger partial charge in [0, 0.05) is 28.4 Å². The molecule has 2 aromatic carbocycles. The van der Waals surface area contributed by atoms with Gasteiger partial charge in [-0.15, -0.1) is 0 Å². The third-order valence-electron chi connectivity index (χ3n) is 5.22. The maximum absolute atomic E-state index is 13.2. The maximum atomic E-state index is 13.2. The van der Waals surface area contributed by atoms with Gasteiger partial charge >= 0.3 is 0 Å². The number of carbonyl (C=O) groups excluding carboxylic acids is 2. The van der Waals surface area contributed by atoms with Crippen molar-refractivity contribution >= 4 is 34.7 Å². The first-order valence-corrected chi connectivity index (χ1v) is 10.0. The number of hydrogen-bond donors (Lipinski definition) is 1. The number of halogens is 1. The molecule has 4 rings (SSSR count). The fourth-order valence-electron chi connectivity index (χ4n) is 3.70. The second kappa shape index (κ2) is 8.72. The lowest BCUT2D eigenvalue weighted by molar-refractivity contribution is -0.132. The van der Waals surface area contributed by atoms with Crippen LogP contribution in [0.4, 0.5) is 5.69 Å². The molecule has 7 nitrogen and oxygen atoms in total. The van der Waals surface area contributed by atoms with Crippen molar-refractivity contribution in [2.45, 2.75) is 6.04 Å². The van der Waals surface area contributed by atoms with Gasteiger partial charge in [0.2, 0.25) is 0 Å². The molecule has 1 amide bonds. The number of rotatable bonds is 5. The van der Waals surface area contributed by atoms with Crippen LogP contribution in [0.25, 0.3) is 5.76 Å². The average Bonchev–Trinajstić information content (AvgIpc) is 3.09. The summed E-state index contributed by atoms with van der Waals surface area (Å²) in [5.41, 5.74) is 1.21. The average molecular weight is 451 g/mol. The van der Waals surface area contributed by atoms with Gasteiger partial charge in [-0.3, -0.25) is 19.5 Å². The van der Waals surface area contributed by atoms with Crippen molar-refractivity contribution in [3.05, 3.63) is 88.7 Å². The molecule has 0 bridgehead atoms. The molecule has 3 aromatic rings. The van der Waals surface area contributed by atoms with Gasteiger partial charge in [-0.2, -0.15) is 0 Å². The summed E-state index contributed by atoms with van der Waals surface area (Å²) < 4.78 is 10.8. The van der Waals surface area contributed by atoms with Crippen molar-refractivity contribution in [2.24, 2.45) is 0 Å². The minimum Gasteiger partial charge on any atom is -0.507 e. The summed E-state index contributed by atoms with van der Waals surface area (Å²) in [4.78, 5) is 31.7. The summed E-state index contributed by atoms with van der Waals surface area (Å²) in [5, 5.41) is 11.6. The van der Waals surface area contributed by atoms with Crippen LogP contribution in [0.3, 0.4) is 0 Å². The Hall–Kier alpha value is -3.84. The van der Waals surface area contributed by atoms with Crippen molar-refractivity contribution in [1.29, 1.82) is 0 Å². The molecule has 1 aliphatic heterocycles. The lowest BCUT2D eigenvalue weighted by Crippen LogP contribution is -2.29. The molecule has 1 aromatic heterocycles. The smallest absolute Gasteiger partial charge is 0.300 e. The zero-order valence-electron chi connectivity index (χ0n) is 17.3. The van der Waals surface area contributed by atoms with Gasteiger partial charge in [0.15, 0.2) is 0 Å². The van der Waals surface area contributed by atoms with Gasteiger partial charge in [-0.1, -0.05) is 11.6 Å². The van der Waals surface area contributed by atoms with Gasteiger partial charge in [-0.05, 0) is 48.5 Å². The maximum Gasteiger partial charge on any atom is 0.300 e. The molecule has 1 N–H and O–H groups in total. The summed E-state index contributed by atoms with van der Waals surface area (Å²) in [6, 6.07) is 13.8. The molecule has 8 heteroatoms. The van der Waals surface area contributed by atoms with Crippen LogP contribution >= 0.6 is 11.6 Å². The molecule has 1 atom stereocenters. The minimum atomic E-state index is -0.948. The van der Waals surface area contributed by atoms with E-state index in [2.05, 4.69) is 4.98 Å². The predicted molar refractivity (Wildman–Crippen MR) is 120 cm³/mol. The lowest BCUT2D eigenvalue weighted by Gasteiger charge is -2.26. The van der Waals surface area contributed by atoms with Crippen molar-refractivity contribution in [1.82, 2.24) is 4.98 Å². The first-order chi connectivity index (χ1) is 15.5. The molecule has 1 fully saturated rings. The third kappa shape index (κ3) is 3.67. The van der Waals surface area contributed by atoms with Gasteiger partial charge in [-0.25, -0.2) is 0 Å². The molecule has 162 valence electrons. The molecule has 1 aliphatic rings. The van der Waals surface area contributed by atoms with Gasteiger partial charge in [0.05, 0.1) is 37.7 Å². The molecule has 1 unspecified atom stereocenters. The van der Waals surface area contributed by atoms with E-state index < -0.39 is 17.7 Å². The zero-order chi connectivity index (χ0) is 22.8. The first-order valence-electron chi connectivity index (χ1n) is 9.65. The molecule has 0 spiro atoms. The Balaban J connectivity index is 1.98.